The Balaban J connectivity index is 2.23. The second kappa shape index (κ2) is 6.76. The van der Waals surface area contributed by atoms with Gasteiger partial charge in [0.1, 0.15) is 0 Å². The lowest BCUT2D eigenvalue weighted by Gasteiger charge is -2.00. The van der Waals surface area contributed by atoms with E-state index in [-0.39, 0.29) is 0 Å². The van der Waals surface area contributed by atoms with E-state index in [9.17, 15) is 0 Å². The number of benzene rings is 2. The number of halogens is 1. The van der Waals surface area contributed by atoms with E-state index in [2.05, 4.69) is 28.7 Å². The quantitative estimate of drug-likeness (QED) is 0.506. The van der Waals surface area contributed by atoms with Crippen molar-refractivity contribution in [1.82, 2.24) is 5.43 Å². The molecule has 2 nitrogen and oxygen atoms in total. The van der Waals surface area contributed by atoms with Crippen molar-refractivity contribution in [1.29, 1.82) is 0 Å². The van der Waals surface area contributed by atoms with E-state index in [1.807, 2.05) is 48.7 Å². The first kappa shape index (κ1) is 13.4. The van der Waals surface area contributed by atoms with Crippen molar-refractivity contribution >= 4 is 30.0 Å². The third kappa shape index (κ3) is 3.97. The van der Waals surface area contributed by atoms with E-state index in [1.54, 1.807) is 7.05 Å². The molecule has 0 saturated heterocycles. The summed E-state index contributed by atoms with van der Waals surface area (Å²) in [7, 11) is 1.78. The highest BCUT2D eigenvalue weighted by Gasteiger charge is 1.95. The van der Waals surface area contributed by atoms with Crippen molar-refractivity contribution in [2.75, 3.05) is 7.05 Å². The lowest BCUT2D eigenvalue weighted by atomic mass is 10.1. The average Bonchev–Trinajstić information content (AvgIpc) is 2.45. The summed E-state index contributed by atoms with van der Waals surface area (Å²) in [6.45, 7) is 0. The molecular formula is C16H15ClN2. The molecule has 0 aliphatic heterocycles. The van der Waals surface area contributed by atoms with E-state index >= 15 is 0 Å². The lowest BCUT2D eigenvalue weighted by Crippen LogP contribution is -1.95. The van der Waals surface area contributed by atoms with Gasteiger partial charge in [0.05, 0.1) is 6.21 Å². The Hall–Kier alpha value is -2.06. The maximum Gasteiger partial charge on any atom is 0.0546 e. The smallest absolute Gasteiger partial charge is 0.0546 e. The molecule has 0 unspecified atom stereocenters. The van der Waals surface area contributed by atoms with Crippen LogP contribution in [0.15, 0.2) is 53.6 Å². The third-order valence-electron chi connectivity index (χ3n) is 2.65. The molecule has 0 aliphatic rings. The Kier molecular flexibility index (Phi) is 4.76. The summed E-state index contributed by atoms with van der Waals surface area (Å²) >= 11 is 5.86. The van der Waals surface area contributed by atoms with E-state index in [1.165, 1.54) is 0 Å². The van der Waals surface area contributed by atoms with Crippen LogP contribution in [0.1, 0.15) is 16.7 Å². The van der Waals surface area contributed by atoms with Crippen molar-refractivity contribution in [2.24, 2.45) is 5.10 Å². The van der Waals surface area contributed by atoms with Gasteiger partial charge in [-0.3, -0.25) is 0 Å². The van der Waals surface area contributed by atoms with Crippen molar-refractivity contribution < 1.29 is 0 Å². The van der Waals surface area contributed by atoms with Gasteiger partial charge in [0.25, 0.3) is 0 Å². The largest absolute Gasteiger partial charge is 0.313 e. The number of rotatable bonds is 4. The molecule has 0 saturated carbocycles. The van der Waals surface area contributed by atoms with Gasteiger partial charge >= 0.3 is 0 Å². The second-order valence-corrected chi connectivity index (χ2v) is 4.43. The van der Waals surface area contributed by atoms with Crippen LogP contribution < -0.4 is 5.43 Å². The van der Waals surface area contributed by atoms with Crippen LogP contribution in [0, 0.1) is 0 Å². The molecule has 0 heterocycles. The van der Waals surface area contributed by atoms with Gasteiger partial charge in [-0.05, 0) is 23.3 Å². The summed E-state index contributed by atoms with van der Waals surface area (Å²) in [5, 5.41) is 4.79. The fourth-order valence-corrected chi connectivity index (χ4v) is 1.80. The monoisotopic (exact) mass is 270 g/mol. The minimum absolute atomic E-state index is 0.749. The molecule has 0 fully saturated rings. The van der Waals surface area contributed by atoms with Gasteiger partial charge in [0.2, 0.25) is 0 Å². The molecule has 0 aliphatic carbocycles. The number of nitrogens with zero attached hydrogens (tertiary/aromatic N) is 1. The zero-order chi connectivity index (χ0) is 13.5. The van der Waals surface area contributed by atoms with Gasteiger partial charge in [-0.25, -0.2) is 0 Å². The molecule has 1 N–H and O–H groups in total. The van der Waals surface area contributed by atoms with Gasteiger partial charge in [-0.1, -0.05) is 60.2 Å². The highest BCUT2D eigenvalue weighted by molar-refractivity contribution is 6.30. The molecule has 2 rings (SSSR count). The first-order chi connectivity index (χ1) is 9.29. The van der Waals surface area contributed by atoms with Crippen molar-refractivity contribution in [3.05, 3.63) is 70.2 Å². The van der Waals surface area contributed by atoms with Crippen LogP contribution in [0.5, 0.6) is 0 Å². The summed E-state index contributed by atoms with van der Waals surface area (Å²) in [5.41, 5.74) is 6.06. The molecule has 0 atom stereocenters. The third-order valence-corrected chi connectivity index (χ3v) is 2.91. The fraction of sp³-hybridized carbons (Fsp3) is 0.0625. The summed E-state index contributed by atoms with van der Waals surface area (Å²) in [6.07, 6.45) is 5.93. The van der Waals surface area contributed by atoms with Gasteiger partial charge in [0, 0.05) is 17.6 Å². The first-order valence-corrected chi connectivity index (χ1v) is 6.40. The molecule has 0 aromatic heterocycles. The standard InChI is InChI=1S/C16H15ClN2/c1-18-19-12-15-5-3-2-4-14(15)9-6-13-7-10-16(17)11-8-13/h2-12,18H,1H3/b9-6+,19-12+. The minimum Gasteiger partial charge on any atom is -0.313 e. The number of hydrogen-bond donors (Lipinski definition) is 1. The predicted molar refractivity (Wildman–Crippen MR) is 83.5 cm³/mol. The molecule has 0 radical (unpaired) electrons. The van der Waals surface area contributed by atoms with Crippen LogP contribution in [0.3, 0.4) is 0 Å². The Morgan fingerprint density at radius 1 is 0.947 bits per heavy atom. The van der Waals surface area contributed by atoms with Crippen LogP contribution in [0.25, 0.3) is 12.2 Å². The van der Waals surface area contributed by atoms with Crippen LogP contribution in [-0.2, 0) is 0 Å². The number of hydrogen-bond acceptors (Lipinski definition) is 2. The summed E-state index contributed by atoms with van der Waals surface area (Å²) in [4.78, 5) is 0. The molecule has 2 aromatic carbocycles. The molecule has 0 bridgehead atoms. The predicted octanol–water partition coefficient (Wildman–Crippen LogP) is 4.06. The van der Waals surface area contributed by atoms with E-state index in [0.29, 0.717) is 0 Å². The maximum atomic E-state index is 5.86. The summed E-state index contributed by atoms with van der Waals surface area (Å²) in [5.74, 6) is 0. The summed E-state index contributed by atoms with van der Waals surface area (Å²) < 4.78 is 0. The fourth-order valence-electron chi connectivity index (χ4n) is 1.67. The number of hydrazone groups is 1. The molecule has 3 heteroatoms. The van der Waals surface area contributed by atoms with Gasteiger partial charge in [0.15, 0.2) is 0 Å². The van der Waals surface area contributed by atoms with Gasteiger partial charge in [-0.15, -0.1) is 0 Å². The molecule has 0 spiro atoms. The van der Waals surface area contributed by atoms with Crippen LogP contribution in [0.2, 0.25) is 5.02 Å². The molecule has 0 amide bonds. The van der Waals surface area contributed by atoms with Crippen molar-refractivity contribution in [2.45, 2.75) is 0 Å². The number of nitrogens with one attached hydrogen (secondary N) is 1. The van der Waals surface area contributed by atoms with E-state index in [0.717, 1.165) is 21.7 Å². The van der Waals surface area contributed by atoms with Crippen LogP contribution in [0.4, 0.5) is 0 Å². The van der Waals surface area contributed by atoms with Gasteiger partial charge < -0.3 is 5.43 Å². The molecular weight excluding hydrogens is 256 g/mol. The van der Waals surface area contributed by atoms with Gasteiger partial charge in [-0.2, -0.15) is 5.10 Å². The molecule has 19 heavy (non-hydrogen) atoms. The van der Waals surface area contributed by atoms with E-state index in [4.69, 9.17) is 11.6 Å². The first-order valence-electron chi connectivity index (χ1n) is 6.02. The highest BCUT2D eigenvalue weighted by Crippen LogP contribution is 2.14. The highest BCUT2D eigenvalue weighted by atomic mass is 35.5. The van der Waals surface area contributed by atoms with Crippen LogP contribution >= 0.6 is 11.6 Å². The normalized spacial score (nSPS) is 11.3. The Morgan fingerprint density at radius 3 is 2.32 bits per heavy atom. The SMILES string of the molecule is CN/N=C/c1ccccc1/C=C/c1ccc(Cl)cc1. The van der Waals surface area contributed by atoms with Crippen LogP contribution in [-0.4, -0.2) is 13.3 Å². The average molecular weight is 271 g/mol. The lowest BCUT2D eigenvalue weighted by molar-refractivity contribution is 0.908. The van der Waals surface area contributed by atoms with Crippen molar-refractivity contribution in [3.63, 3.8) is 0 Å². The minimum atomic E-state index is 0.749. The Labute approximate surface area is 118 Å². The zero-order valence-corrected chi connectivity index (χ0v) is 11.4. The molecule has 2 aromatic rings. The maximum absolute atomic E-state index is 5.86. The Morgan fingerprint density at radius 2 is 1.63 bits per heavy atom. The van der Waals surface area contributed by atoms with Crippen molar-refractivity contribution in [3.8, 4) is 0 Å². The zero-order valence-electron chi connectivity index (χ0n) is 10.7. The molecule has 96 valence electrons. The topological polar surface area (TPSA) is 24.4 Å². The Bertz CT molecular complexity index is 586. The second-order valence-electron chi connectivity index (χ2n) is 4.00. The van der Waals surface area contributed by atoms with E-state index < -0.39 is 0 Å². The summed E-state index contributed by atoms with van der Waals surface area (Å²) in [6, 6.07) is 15.8.